The van der Waals surface area contributed by atoms with Gasteiger partial charge in [0.1, 0.15) is 0 Å². The summed E-state index contributed by atoms with van der Waals surface area (Å²) in [4.78, 5) is 12.8. The van der Waals surface area contributed by atoms with E-state index in [1.54, 1.807) is 11.3 Å². The molecule has 0 aliphatic carbocycles. The van der Waals surface area contributed by atoms with Crippen LogP contribution in [-0.4, -0.2) is 18.5 Å². The highest BCUT2D eigenvalue weighted by molar-refractivity contribution is 7.16. The molecule has 1 heterocycles. The maximum atomic E-state index is 11.6. The Morgan fingerprint density at radius 1 is 1.50 bits per heavy atom. The van der Waals surface area contributed by atoms with Crippen molar-refractivity contribution in [2.24, 2.45) is 11.7 Å². The first kappa shape index (κ1) is 17.7. The number of rotatable bonds is 6. The van der Waals surface area contributed by atoms with E-state index in [1.807, 2.05) is 12.1 Å². The number of amides is 1. The molecule has 3 N–H and O–H groups in total. The van der Waals surface area contributed by atoms with Gasteiger partial charge in [0, 0.05) is 11.4 Å². The molecule has 1 amide bonds. The Balaban J connectivity index is 0.00000289. The van der Waals surface area contributed by atoms with Gasteiger partial charge < -0.3 is 11.1 Å². The van der Waals surface area contributed by atoms with E-state index < -0.39 is 6.04 Å². The van der Waals surface area contributed by atoms with Gasteiger partial charge in [0.05, 0.1) is 10.4 Å². The zero-order valence-corrected chi connectivity index (χ0v) is 13.0. The van der Waals surface area contributed by atoms with E-state index in [-0.39, 0.29) is 18.3 Å². The van der Waals surface area contributed by atoms with Gasteiger partial charge in [-0.15, -0.1) is 23.7 Å². The van der Waals surface area contributed by atoms with Crippen LogP contribution in [0.4, 0.5) is 0 Å². The average Bonchev–Trinajstić information content (AvgIpc) is 2.63. The fraction of sp³-hybridized carbons (Fsp3) is 0.583. The molecule has 0 radical (unpaired) electrons. The molecule has 1 rings (SSSR count). The van der Waals surface area contributed by atoms with Gasteiger partial charge in [-0.05, 0) is 30.9 Å². The molecule has 0 aliphatic heterocycles. The van der Waals surface area contributed by atoms with Crippen molar-refractivity contribution in [3.63, 3.8) is 0 Å². The summed E-state index contributed by atoms with van der Waals surface area (Å²) in [5.74, 6) is 0.369. The highest BCUT2D eigenvalue weighted by Gasteiger charge is 2.14. The molecule has 0 spiro atoms. The fourth-order valence-corrected chi connectivity index (χ4v) is 2.63. The van der Waals surface area contributed by atoms with Crippen molar-refractivity contribution in [1.82, 2.24) is 5.32 Å². The lowest BCUT2D eigenvalue weighted by molar-refractivity contribution is -0.122. The second-order valence-electron chi connectivity index (χ2n) is 4.48. The maximum Gasteiger partial charge on any atom is 0.236 e. The number of hydrogen-bond acceptors (Lipinski definition) is 3. The molecule has 1 aromatic rings. The average molecular weight is 311 g/mol. The zero-order valence-electron chi connectivity index (χ0n) is 10.6. The number of carbonyl (C=O) groups is 1. The summed E-state index contributed by atoms with van der Waals surface area (Å²) in [6.45, 7) is 4.73. The minimum atomic E-state index is -0.401. The number of carbonyl (C=O) groups excluding carboxylic acids is 1. The summed E-state index contributed by atoms with van der Waals surface area (Å²) in [7, 11) is 0. The van der Waals surface area contributed by atoms with Crippen molar-refractivity contribution in [2.75, 3.05) is 6.54 Å². The monoisotopic (exact) mass is 310 g/mol. The number of nitrogens with two attached hydrogens (primary N) is 1. The Hall–Kier alpha value is -0.290. The minimum Gasteiger partial charge on any atom is -0.354 e. The third-order valence-corrected chi connectivity index (χ3v) is 3.65. The van der Waals surface area contributed by atoms with E-state index in [4.69, 9.17) is 17.3 Å². The normalized spacial score (nSPS) is 12.1. The second-order valence-corrected chi connectivity index (χ2v) is 6.28. The SMILES string of the molecule is CC(C)C[C@H](N)C(=O)NCCc1ccc(Cl)s1.Cl. The topological polar surface area (TPSA) is 55.1 Å². The molecule has 1 atom stereocenters. The lowest BCUT2D eigenvalue weighted by Gasteiger charge is -2.13. The molecule has 0 unspecified atom stereocenters. The van der Waals surface area contributed by atoms with Gasteiger partial charge >= 0.3 is 0 Å². The van der Waals surface area contributed by atoms with Gasteiger partial charge in [0.25, 0.3) is 0 Å². The Bertz CT molecular complexity index is 369. The molecule has 0 bridgehead atoms. The van der Waals surface area contributed by atoms with Crippen molar-refractivity contribution in [3.05, 3.63) is 21.3 Å². The predicted octanol–water partition coefficient (Wildman–Crippen LogP) is 2.86. The summed E-state index contributed by atoms with van der Waals surface area (Å²) in [6.07, 6.45) is 1.52. The van der Waals surface area contributed by atoms with Gasteiger partial charge in [0.2, 0.25) is 5.91 Å². The first-order valence-electron chi connectivity index (χ1n) is 5.76. The number of halogens is 2. The van der Waals surface area contributed by atoms with Crippen molar-refractivity contribution in [1.29, 1.82) is 0 Å². The largest absolute Gasteiger partial charge is 0.354 e. The van der Waals surface area contributed by atoms with Crippen LogP contribution < -0.4 is 11.1 Å². The second kappa shape index (κ2) is 8.75. The van der Waals surface area contributed by atoms with Crippen LogP contribution in [0.3, 0.4) is 0 Å². The van der Waals surface area contributed by atoms with E-state index in [2.05, 4.69) is 19.2 Å². The Morgan fingerprint density at radius 2 is 2.17 bits per heavy atom. The smallest absolute Gasteiger partial charge is 0.236 e. The molecule has 0 fully saturated rings. The van der Waals surface area contributed by atoms with Crippen LogP contribution in [-0.2, 0) is 11.2 Å². The first-order chi connectivity index (χ1) is 7.99. The van der Waals surface area contributed by atoms with Crippen LogP contribution in [0, 0.1) is 5.92 Å². The third kappa shape index (κ3) is 6.59. The highest BCUT2D eigenvalue weighted by atomic mass is 35.5. The van der Waals surface area contributed by atoms with E-state index in [0.717, 1.165) is 17.2 Å². The molecular formula is C12H20Cl2N2OS. The molecular weight excluding hydrogens is 291 g/mol. The van der Waals surface area contributed by atoms with Gasteiger partial charge in [0.15, 0.2) is 0 Å². The summed E-state index contributed by atoms with van der Waals surface area (Å²) in [5.41, 5.74) is 5.77. The van der Waals surface area contributed by atoms with Crippen LogP contribution in [0.15, 0.2) is 12.1 Å². The van der Waals surface area contributed by atoms with E-state index in [0.29, 0.717) is 12.5 Å². The van der Waals surface area contributed by atoms with Crippen LogP contribution >= 0.6 is 35.3 Å². The van der Waals surface area contributed by atoms with Gasteiger partial charge in [-0.25, -0.2) is 0 Å². The quantitative estimate of drug-likeness (QED) is 0.849. The Kier molecular flexibility index (Phi) is 8.61. The van der Waals surface area contributed by atoms with Gasteiger partial charge in [-0.3, -0.25) is 4.79 Å². The number of nitrogens with one attached hydrogen (secondary N) is 1. The van der Waals surface area contributed by atoms with Crippen LogP contribution in [0.25, 0.3) is 0 Å². The number of hydrogen-bond donors (Lipinski definition) is 2. The molecule has 104 valence electrons. The van der Waals surface area contributed by atoms with Crippen molar-refractivity contribution in [2.45, 2.75) is 32.7 Å². The Labute approximate surface area is 123 Å². The van der Waals surface area contributed by atoms with Crippen LogP contribution in [0.2, 0.25) is 4.34 Å². The maximum absolute atomic E-state index is 11.6. The lowest BCUT2D eigenvalue weighted by atomic mass is 10.0. The molecule has 1 aromatic heterocycles. The molecule has 3 nitrogen and oxygen atoms in total. The van der Waals surface area contributed by atoms with Gasteiger partial charge in [-0.1, -0.05) is 25.4 Å². The van der Waals surface area contributed by atoms with E-state index >= 15 is 0 Å². The molecule has 0 aliphatic rings. The van der Waals surface area contributed by atoms with E-state index in [9.17, 15) is 4.79 Å². The molecule has 18 heavy (non-hydrogen) atoms. The summed E-state index contributed by atoms with van der Waals surface area (Å²) in [6, 6.07) is 3.45. The summed E-state index contributed by atoms with van der Waals surface area (Å²) >= 11 is 7.36. The predicted molar refractivity (Wildman–Crippen MR) is 80.7 cm³/mol. The molecule has 0 saturated carbocycles. The van der Waals surface area contributed by atoms with Crippen molar-refractivity contribution in [3.8, 4) is 0 Å². The third-order valence-electron chi connectivity index (χ3n) is 2.36. The fourth-order valence-electron chi connectivity index (χ4n) is 1.54. The zero-order chi connectivity index (χ0) is 12.8. The molecule has 0 aromatic carbocycles. The minimum absolute atomic E-state index is 0. The summed E-state index contributed by atoms with van der Waals surface area (Å²) < 4.78 is 0.780. The lowest BCUT2D eigenvalue weighted by Crippen LogP contribution is -2.42. The molecule has 6 heteroatoms. The van der Waals surface area contributed by atoms with E-state index in [1.165, 1.54) is 4.88 Å². The Morgan fingerprint density at radius 3 is 2.67 bits per heavy atom. The van der Waals surface area contributed by atoms with Crippen LogP contribution in [0.5, 0.6) is 0 Å². The summed E-state index contributed by atoms with van der Waals surface area (Å²) in [5, 5.41) is 2.85. The van der Waals surface area contributed by atoms with Crippen molar-refractivity contribution < 1.29 is 4.79 Å². The van der Waals surface area contributed by atoms with Crippen LogP contribution in [0.1, 0.15) is 25.1 Å². The first-order valence-corrected chi connectivity index (χ1v) is 6.96. The number of thiophene rings is 1. The molecule has 0 saturated heterocycles. The standard InChI is InChI=1S/C12H19ClN2OS.ClH/c1-8(2)7-10(14)12(16)15-6-5-9-3-4-11(13)17-9;/h3-4,8,10H,5-7,14H2,1-2H3,(H,15,16);1H/t10-;/m0./s1. The van der Waals surface area contributed by atoms with Gasteiger partial charge in [-0.2, -0.15) is 0 Å². The van der Waals surface area contributed by atoms with Crippen molar-refractivity contribution >= 4 is 41.3 Å². The highest BCUT2D eigenvalue weighted by Crippen LogP contribution is 2.21.